The van der Waals surface area contributed by atoms with Gasteiger partial charge in [-0.15, -0.1) is 0 Å². The SMILES string of the molecule is CCC(C)c1ccc(NC(=O)COC(=O)c2ccccc2Sc2ccccc2C#N)cc1. The second kappa shape index (κ2) is 11.2. The van der Waals surface area contributed by atoms with Crippen molar-refractivity contribution in [2.24, 2.45) is 0 Å². The Morgan fingerprint density at radius 2 is 1.66 bits per heavy atom. The van der Waals surface area contributed by atoms with Crippen molar-refractivity contribution in [3.05, 3.63) is 89.5 Å². The summed E-state index contributed by atoms with van der Waals surface area (Å²) in [7, 11) is 0. The van der Waals surface area contributed by atoms with Crippen LogP contribution in [-0.2, 0) is 9.53 Å². The molecule has 3 aromatic carbocycles. The minimum Gasteiger partial charge on any atom is -0.452 e. The van der Waals surface area contributed by atoms with Crippen LogP contribution in [0.2, 0.25) is 0 Å². The molecule has 0 aliphatic heterocycles. The number of esters is 1. The van der Waals surface area contributed by atoms with E-state index in [4.69, 9.17) is 4.74 Å². The van der Waals surface area contributed by atoms with Crippen molar-refractivity contribution in [2.75, 3.05) is 11.9 Å². The fourth-order valence-corrected chi connectivity index (χ4v) is 4.04. The molecule has 1 N–H and O–H groups in total. The smallest absolute Gasteiger partial charge is 0.339 e. The van der Waals surface area contributed by atoms with E-state index in [9.17, 15) is 14.9 Å². The summed E-state index contributed by atoms with van der Waals surface area (Å²) < 4.78 is 5.25. The van der Waals surface area contributed by atoms with E-state index >= 15 is 0 Å². The largest absolute Gasteiger partial charge is 0.452 e. The van der Waals surface area contributed by atoms with E-state index in [-0.39, 0.29) is 6.61 Å². The Kier molecular flexibility index (Phi) is 8.07. The normalized spacial score (nSPS) is 11.3. The number of hydrogen-bond donors (Lipinski definition) is 1. The highest BCUT2D eigenvalue weighted by atomic mass is 32.2. The third-order valence-corrected chi connectivity index (χ3v) is 6.20. The van der Waals surface area contributed by atoms with Crippen LogP contribution in [0.3, 0.4) is 0 Å². The maximum atomic E-state index is 12.6. The lowest BCUT2D eigenvalue weighted by atomic mass is 9.99. The van der Waals surface area contributed by atoms with Crippen molar-refractivity contribution >= 4 is 29.3 Å². The first-order valence-corrected chi connectivity index (χ1v) is 11.2. The molecule has 3 aromatic rings. The van der Waals surface area contributed by atoms with Gasteiger partial charge in [-0.2, -0.15) is 5.26 Å². The van der Waals surface area contributed by atoms with Crippen LogP contribution >= 0.6 is 11.8 Å². The van der Waals surface area contributed by atoms with Crippen LogP contribution < -0.4 is 5.32 Å². The van der Waals surface area contributed by atoms with Gasteiger partial charge in [-0.3, -0.25) is 4.79 Å². The summed E-state index contributed by atoms with van der Waals surface area (Å²) in [4.78, 5) is 26.3. The molecule has 1 unspecified atom stereocenters. The van der Waals surface area contributed by atoms with Crippen LogP contribution in [0.1, 0.15) is 47.7 Å². The number of carbonyl (C=O) groups excluding carboxylic acids is 2. The number of rotatable bonds is 8. The molecule has 0 spiro atoms. The van der Waals surface area contributed by atoms with Gasteiger partial charge in [-0.05, 0) is 54.3 Å². The van der Waals surface area contributed by atoms with Gasteiger partial charge in [0.15, 0.2) is 6.61 Å². The summed E-state index contributed by atoms with van der Waals surface area (Å²) in [5.41, 5.74) is 2.74. The molecule has 0 aromatic heterocycles. The second-order valence-corrected chi connectivity index (χ2v) is 8.35. The Labute approximate surface area is 192 Å². The average molecular weight is 445 g/mol. The van der Waals surface area contributed by atoms with Crippen molar-refractivity contribution in [1.82, 2.24) is 0 Å². The Morgan fingerprint density at radius 3 is 2.34 bits per heavy atom. The minimum absolute atomic E-state index is 0.343. The van der Waals surface area contributed by atoms with Crippen LogP contribution in [0, 0.1) is 11.3 Å². The molecule has 0 heterocycles. The summed E-state index contributed by atoms with van der Waals surface area (Å²) >= 11 is 1.31. The molecule has 3 rings (SSSR count). The predicted octanol–water partition coefficient (Wildman–Crippen LogP) is 6.02. The third-order valence-electron chi connectivity index (χ3n) is 5.04. The lowest BCUT2D eigenvalue weighted by Crippen LogP contribution is -2.21. The van der Waals surface area contributed by atoms with Crippen LogP contribution in [-0.4, -0.2) is 18.5 Å². The lowest BCUT2D eigenvalue weighted by Gasteiger charge is -2.12. The van der Waals surface area contributed by atoms with E-state index < -0.39 is 11.9 Å². The maximum absolute atomic E-state index is 12.6. The highest BCUT2D eigenvalue weighted by Gasteiger charge is 2.16. The number of carbonyl (C=O) groups is 2. The van der Waals surface area contributed by atoms with Crippen LogP contribution in [0.25, 0.3) is 0 Å². The van der Waals surface area contributed by atoms with Crippen LogP contribution in [0.15, 0.2) is 82.6 Å². The Bertz CT molecular complexity index is 1140. The molecule has 0 saturated carbocycles. The summed E-state index contributed by atoms with van der Waals surface area (Å²) in [5, 5.41) is 12.0. The molecule has 0 fully saturated rings. The highest BCUT2D eigenvalue weighted by Crippen LogP contribution is 2.32. The number of ether oxygens (including phenoxy) is 1. The zero-order valence-electron chi connectivity index (χ0n) is 18.0. The Hall–Kier alpha value is -3.56. The second-order valence-electron chi connectivity index (χ2n) is 7.26. The van der Waals surface area contributed by atoms with Gasteiger partial charge in [0.05, 0.1) is 11.1 Å². The molecule has 32 heavy (non-hydrogen) atoms. The van der Waals surface area contributed by atoms with Crippen molar-refractivity contribution in [3.8, 4) is 6.07 Å². The van der Waals surface area contributed by atoms with Gasteiger partial charge < -0.3 is 10.1 Å². The van der Waals surface area contributed by atoms with Crippen molar-refractivity contribution < 1.29 is 14.3 Å². The van der Waals surface area contributed by atoms with Crippen LogP contribution in [0.5, 0.6) is 0 Å². The van der Waals surface area contributed by atoms with Crippen molar-refractivity contribution in [2.45, 2.75) is 36.0 Å². The van der Waals surface area contributed by atoms with E-state index in [1.54, 1.807) is 30.3 Å². The Morgan fingerprint density at radius 1 is 1.00 bits per heavy atom. The highest BCUT2D eigenvalue weighted by molar-refractivity contribution is 7.99. The number of nitriles is 1. The number of amides is 1. The van der Waals surface area contributed by atoms with Gasteiger partial charge in [-0.1, -0.05) is 62.0 Å². The fourth-order valence-electron chi connectivity index (χ4n) is 3.03. The number of anilines is 1. The zero-order valence-corrected chi connectivity index (χ0v) is 18.8. The summed E-state index contributed by atoms with van der Waals surface area (Å²) in [6, 6.07) is 24.0. The number of nitrogens with zero attached hydrogens (tertiary/aromatic N) is 1. The summed E-state index contributed by atoms with van der Waals surface area (Å²) in [6.45, 7) is 3.90. The molecular weight excluding hydrogens is 420 g/mol. The van der Waals surface area contributed by atoms with Gasteiger partial charge in [0, 0.05) is 15.5 Å². The summed E-state index contributed by atoms with van der Waals surface area (Å²) in [5.74, 6) is -0.543. The number of benzene rings is 3. The number of nitrogens with one attached hydrogen (secondary N) is 1. The van der Waals surface area contributed by atoms with Crippen molar-refractivity contribution in [1.29, 1.82) is 5.26 Å². The van der Waals surface area contributed by atoms with E-state index in [1.807, 2.05) is 42.5 Å². The minimum atomic E-state index is -0.593. The van der Waals surface area contributed by atoms with E-state index in [0.717, 1.165) is 11.3 Å². The molecule has 0 aliphatic carbocycles. The molecule has 0 aliphatic rings. The first-order chi connectivity index (χ1) is 15.5. The van der Waals surface area contributed by atoms with Gasteiger partial charge in [0.25, 0.3) is 5.91 Å². The molecule has 5 nitrogen and oxygen atoms in total. The average Bonchev–Trinajstić information content (AvgIpc) is 2.83. The molecule has 1 amide bonds. The molecule has 0 radical (unpaired) electrons. The first kappa shape index (κ1) is 23.1. The fraction of sp³-hybridized carbons (Fsp3) is 0.192. The zero-order chi connectivity index (χ0) is 22.9. The maximum Gasteiger partial charge on any atom is 0.339 e. The Balaban J connectivity index is 1.62. The first-order valence-electron chi connectivity index (χ1n) is 10.3. The summed E-state index contributed by atoms with van der Waals surface area (Å²) in [6.07, 6.45) is 1.05. The van der Waals surface area contributed by atoms with Gasteiger partial charge in [-0.25, -0.2) is 4.79 Å². The van der Waals surface area contributed by atoms with Crippen LogP contribution in [0.4, 0.5) is 5.69 Å². The van der Waals surface area contributed by atoms with Gasteiger partial charge in [0.1, 0.15) is 6.07 Å². The molecule has 0 bridgehead atoms. The van der Waals surface area contributed by atoms with Crippen molar-refractivity contribution in [3.63, 3.8) is 0 Å². The number of hydrogen-bond acceptors (Lipinski definition) is 5. The third kappa shape index (κ3) is 5.99. The molecule has 6 heteroatoms. The van der Waals surface area contributed by atoms with E-state index in [2.05, 4.69) is 25.2 Å². The quantitative estimate of drug-likeness (QED) is 0.430. The predicted molar refractivity (Wildman–Crippen MR) is 126 cm³/mol. The van der Waals surface area contributed by atoms with Gasteiger partial charge in [0.2, 0.25) is 0 Å². The topological polar surface area (TPSA) is 79.2 Å². The standard InChI is InChI=1S/C26H24N2O3S/c1-3-18(2)19-12-14-21(15-13-19)28-25(29)17-31-26(30)22-9-5-7-11-24(22)32-23-10-6-4-8-20(23)16-27/h4-15,18H,3,17H2,1-2H3,(H,28,29). The molecule has 1 atom stereocenters. The molecule has 0 saturated heterocycles. The lowest BCUT2D eigenvalue weighted by molar-refractivity contribution is -0.119. The molecular formula is C26H24N2O3S. The van der Waals surface area contributed by atoms with E-state index in [1.165, 1.54) is 17.3 Å². The molecule has 162 valence electrons. The van der Waals surface area contributed by atoms with Gasteiger partial charge >= 0.3 is 5.97 Å². The van der Waals surface area contributed by atoms with E-state index in [0.29, 0.717) is 27.6 Å². The monoisotopic (exact) mass is 444 g/mol.